The van der Waals surface area contributed by atoms with E-state index in [1.165, 1.54) is 17.8 Å². The molecule has 0 spiro atoms. The lowest BCUT2D eigenvalue weighted by Crippen LogP contribution is -2.14. The molecule has 3 rings (SSSR count). The van der Waals surface area contributed by atoms with Crippen LogP contribution < -0.4 is 4.74 Å². The second-order valence-electron chi connectivity index (χ2n) is 5.93. The molecule has 0 unspecified atom stereocenters. The molecule has 140 valence electrons. The Morgan fingerprint density at radius 1 is 1.19 bits per heavy atom. The fourth-order valence-corrected chi connectivity index (χ4v) is 3.51. The van der Waals surface area contributed by atoms with Crippen LogP contribution in [0.3, 0.4) is 0 Å². The van der Waals surface area contributed by atoms with Gasteiger partial charge in [-0.3, -0.25) is 4.79 Å². The van der Waals surface area contributed by atoms with Gasteiger partial charge in [-0.15, -0.1) is 10.2 Å². The number of aromatic nitrogens is 3. The van der Waals surface area contributed by atoms with E-state index in [0.29, 0.717) is 28.7 Å². The van der Waals surface area contributed by atoms with E-state index < -0.39 is 0 Å². The lowest BCUT2D eigenvalue weighted by atomic mass is 10.1. The number of ether oxygens (including phenoxy) is 1. The number of nitrogens with zero attached hydrogens (tertiary/aromatic N) is 3. The molecule has 0 aliphatic rings. The molecular weight excluding hydrogens is 365 g/mol. The van der Waals surface area contributed by atoms with E-state index in [1.54, 1.807) is 54.1 Å². The van der Waals surface area contributed by atoms with Gasteiger partial charge in [0.1, 0.15) is 11.6 Å². The average molecular weight is 385 g/mol. The minimum Gasteiger partial charge on any atom is -0.494 e. The molecule has 5 nitrogen and oxygen atoms in total. The van der Waals surface area contributed by atoms with E-state index in [-0.39, 0.29) is 16.9 Å². The maximum atomic E-state index is 14.0. The molecule has 2 aromatic carbocycles. The molecule has 0 amide bonds. The summed E-state index contributed by atoms with van der Waals surface area (Å²) in [5.74, 6) is 0.787. The third-order valence-electron chi connectivity index (χ3n) is 4.05. The maximum absolute atomic E-state index is 14.0. The molecule has 1 heterocycles. The van der Waals surface area contributed by atoms with Crippen LogP contribution in [0.5, 0.6) is 5.75 Å². The monoisotopic (exact) mass is 385 g/mol. The number of ketones is 1. The van der Waals surface area contributed by atoms with Crippen LogP contribution in [0.2, 0.25) is 0 Å². The number of Topliss-reactive ketones (excluding diaryl/α,β-unsaturated/α-hetero) is 1. The number of hydrogen-bond acceptors (Lipinski definition) is 5. The minimum atomic E-state index is -0.362. The number of rotatable bonds is 7. The third-order valence-corrected chi connectivity index (χ3v) is 5.18. The van der Waals surface area contributed by atoms with Crippen molar-refractivity contribution in [3.05, 3.63) is 59.9 Å². The van der Waals surface area contributed by atoms with Crippen LogP contribution in [0.25, 0.3) is 11.4 Å². The average Bonchev–Trinajstić information content (AvgIpc) is 3.03. The molecule has 0 fully saturated rings. The summed E-state index contributed by atoms with van der Waals surface area (Å²) >= 11 is 1.30. The highest BCUT2D eigenvalue weighted by Gasteiger charge is 2.21. The Bertz CT molecular complexity index is 941. The van der Waals surface area contributed by atoms with Gasteiger partial charge < -0.3 is 9.30 Å². The first-order valence-electron chi connectivity index (χ1n) is 8.59. The Morgan fingerprint density at radius 3 is 2.56 bits per heavy atom. The van der Waals surface area contributed by atoms with Gasteiger partial charge in [0, 0.05) is 12.6 Å². The molecule has 0 bridgehead atoms. The van der Waals surface area contributed by atoms with E-state index in [0.717, 1.165) is 5.75 Å². The zero-order valence-corrected chi connectivity index (χ0v) is 16.2. The first-order chi connectivity index (χ1) is 13.0. The van der Waals surface area contributed by atoms with E-state index in [2.05, 4.69) is 10.2 Å². The second kappa shape index (κ2) is 8.35. The van der Waals surface area contributed by atoms with Crippen molar-refractivity contribution in [3.63, 3.8) is 0 Å². The van der Waals surface area contributed by atoms with Gasteiger partial charge in [-0.25, -0.2) is 4.39 Å². The van der Waals surface area contributed by atoms with E-state index in [9.17, 15) is 9.18 Å². The zero-order chi connectivity index (χ0) is 19.4. The van der Waals surface area contributed by atoms with Crippen molar-refractivity contribution in [2.24, 2.45) is 7.05 Å². The lowest BCUT2D eigenvalue weighted by molar-refractivity contribution is 0.0994. The summed E-state index contributed by atoms with van der Waals surface area (Å²) < 4.78 is 21.1. The number of carbonyl (C=O) groups is 1. The van der Waals surface area contributed by atoms with Crippen LogP contribution in [-0.2, 0) is 7.05 Å². The minimum absolute atomic E-state index is 0.0153. The smallest absolute Gasteiger partial charge is 0.191 e. The van der Waals surface area contributed by atoms with Gasteiger partial charge in [-0.05, 0) is 50.2 Å². The van der Waals surface area contributed by atoms with Gasteiger partial charge in [0.15, 0.2) is 16.8 Å². The van der Waals surface area contributed by atoms with Crippen LogP contribution in [0.15, 0.2) is 53.7 Å². The zero-order valence-electron chi connectivity index (χ0n) is 15.3. The van der Waals surface area contributed by atoms with E-state index in [1.807, 2.05) is 13.8 Å². The van der Waals surface area contributed by atoms with Gasteiger partial charge in [0.2, 0.25) is 0 Å². The lowest BCUT2D eigenvalue weighted by Gasteiger charge is -2.11. The number of benzene rings is 2. The fourth-order valence-electron chi connectivity index (χ4n) is 2.62. The van der Waals surface area contributed by atoms with Crippen molar-refractivity contribution in [3.8, 4) is 17.1 Å². The van der Waals surface area contributed by atoms with Crippen LogP contribution >= 0.6 is 11.8 Å². The molecule has 7 heteroatoms. The van der Waals surface area contributed by atoms with Gasteiger partial charge in [0.05, 0.1) is 17.4 Å². The van der Waals surface area contributed by atoms with E-state index >= 15 is 0 Å². The SMILES string of the molecule is CCOc1ccc(C(=O)[C@H](C)Sc2nnc(-c3ccccc3F)n2C)cc1. The molecule has 0 N–H and O–H groups in total. The number of thioether (sulfide) groups is 1. The van der Waals surface area contributed by atoms with Gasteiger partial charge in [0.25, 0.3) is 0 Å². The largest absolute Gasteiger partial charge is 0.494 e. The summed E-state index contributed by atoms with van der Waals surface area (Å²) in [5.41, 5.74) is 0.986. The Labute approximate surface area is 161 Å². The summed E-state index contributed by atoms with van der Waals surface area (Å²) in [6.07, 6.45) is 0. The topological polar surface area (TPSA) is 57.0 Å². The van der Waals surface area contributed by atoms with Crippen LogP contribution in [0.4, 0.5) is 4.39 Å². The van der Waals surface area contributed by atoms with Crippen molar-refractivity contribution in [1.82, 2.24) is 14.8 Å². The molecule has 27 heavy (non-hydrogen) atoms. The Kier molecular flexibility index (Phi) is 5.91. The summed E-state index contributed by atoms with van der Waals surface area (Å²) in [7, 11) is 1.76. The maximum Gasteiger partial charge on any atom is 0.191 e. The highest BCUT2D eigenvalue weighted by atomic mass is 32.2. The number of hydrogen-bond donors (Lipinski definition) is 0. The molecule has 0 radical (unpaired) electrons. The molecular formula is C20H20FN3O2S. The molecule has 1 aromatic heterocycles. The van der Waals surface area contributed by atoms with Crippen molar-refractivity contribution in [1.29, 1.82) is 0 Å². The van der Waals surface area contributed by atoms with Gasteiger partial charge in [-0.1, -0.05) is 23.9 Å². The quantitative estimate of drug-likeness (QED) is 0.446. The summed E-state index contributed by atoms with van der Waals surface area (Å²) in [4.78, 5) is 12.7. The highest BCUT2D eigenvalue weighted by Crippen LogP contribution is 2.28. The Morgan fingerprint density at radius 2 is 1.89 bits per heavy atom. The van der Waals surface area contributed by atoms with E-state index in [4.69, 9.17) is 4.74 Å². The van der Waals surface area contributed by atoms with Gasteiger partial charge in [-0.2, -0.15) is 0 Å². The van der Waals surface area contributed by atoms with Crippen LogP contribution in [-0.4, -0.2) is 32.4 Å². The first-order valence-corrected chi connectivity index (χ1v) is 9.47. The van der Waals surface area contributed by atoms with Crippen molar-refractivity contribution in [2.45, 2.75) is 24.3 Å². The number of halogens is 1. The Balaban J connectivity index is 1.75. The molecule has 0 saturated carbocycles. The third kappa shape index (κ3) is 4.19. The van der Waals surface area contributed by atoms with Crippen molar-refractivity contribution >= 4 is 17.5 Å². The molecule has 1 atom stereocenters. The summed E-state index contributed by atoms with van der Waals surface area (Å²) in [5, 5.41) is 8.41. The molecule has 3 aromatic rings. The summed E-state index contributed by atoms with van der Waals surface area (Å²) in [6, 6.07) is 13.5. The predicted octanol–water partition coefficient (Wildman–Crippen LogP) is 4.38. The molecule has 0 saturated heterocycles. The first kappa shape index (κ1) is 19.1. The van der Waals surface area contributed by atoms with Crippen LogP contribution in [0.1, 0.15) is 24.2 Å². The normalized spacial score (nSPS) is 12.0. The van der Waals surface area contributed by atoms with Crippen molar-refractivity contribution in [2.75, 3.05) is 6.61 Å². The highest BCUT2D eigenvalue weighted by molar-refractivity contribution is 8.00. The van der Waals surface area contributed by atoms with Crippen molar-refractivity contribution < 1.29 is 13.9 Å². The second-order valence-corrected chi connectivity index (χ2v) is 7.23. The molecule has 0 aliphatic heterocycles. The Hall–Kier alpha value is -2.67. The fraction of sp³-hybridized carbons (Fsp3) is 0.250. The summed E-state index contributed by atoms with van der Waals surface area (Å²) in [6.45, 7) is 4.31. The molecule has 0 aliphatic carbocycles. The standard InChI is InChI=1S/C20H20FN3O2S/c1-4-26-15-11-9-14(10-12-15)18(25)13(2)27-20-23-22-19(24(20)3)16-7-5-6-8-17(16)21/h5-13H,4H2,1-3H3/t13-/m0/s1. The van der Waals surface area contributed by atoms with Gasteiger partial charge >= 0.3 is 0 Å². The predicted molar refractivity (Wildman–Crippen MR) is 104 cm³/mol. The van der Waals surface area contributed by atoms with Crippen LogP contribution in [0, 0.1) is 5.82 Å². The number of carbonyl (C=O) groups excluding carboxylic acids is 1.